The van der Waals surface area contributed by atoms with Crippen LogP contribution in [0.15, 0.2) is 6.07 Å². The predicted octanol–water partition coefficient (Wildman–Crippen LogP) is 1.96. The molecular weight excluding hydrogens is 174 g/mol. The Balaban J connectivity index is 2.16. The Bertz CT molecular complexity index is 322. The summed E-state index contributed by atoms with van der Waals surface area (Å²) in [4.78, 5) is 0. The lowest BCUT2D eigenvalue weighted by Gasteiger charge is -2.22. The highest BCUT2D eigenvalue weighted by molar-refractivity contribution is 5.34. The summed E-state index contributed by atoms with van der Waals surface area (Å²) in [5.41, 5.74) is 8.11. The Kier molecular flexibility index (Phi) is 2.66. The molecule has 0 spiro atoms. The van der Waals surface area contributed by atoms with Gasteiger partial charge in [-0.1, -0.05) is 19.8 Å². The van der Waals surface area contributed by atoms with E-state index >= 15 is 0 Å². The molecule has 1 heterocycles. The Labute approximate surface area is 84.7 Å². The van der Waals surface area contributed by atoms with Crippen molar-refractivity contribution in [1.82, 2.24) is 10.2 Å². The number of aryl methyl sites for hydroxylation is 1. The smallest absolute Gasteiger partial charge is 0.146 e. The molecule has 0 fully saturated rings. The number of nitrogens with zero attached hydrogens (tertiary/aromatic N) is 2. The molecule has 1 unspecified atom stereocenters. The second kappa shape index (κ2) is 3.95. The lowest BCUT2D eigenvalue weighted by molar-refractivity contribution is 0.416. The van der Waals surface area contributed by atoms with Crippen LogP contribution in [-0.4, -0.2) is 10.2 Å². The lowest BCUT2D eigenvalue weighted by Crippen LogP contribution is -2.16. The molecule has 0 amide bonds. The maximum absolute atomic E-state index is 5.63. The first-order valence-electron chi connectivity index (χ1n) is 5.40. The minimum Gasteiger partial charge on any atom is -0.382 e. The molecule has 1 aliphatic rings. The number of aromatic nitrogens is 2. The van der Waals surface area contributed by atoms with Gasteiger partial charge >= 0.3 is 0 Å². The van der Waals surface area contributed by atoms with Crippen molar-refractivity contribution in [1.29, 1.82) is 0 Å². The van der Waals surface area contributed by atoms with Gasteiger partial charge in [0, 0.05) is 0 Å². The Morgan fingerprint density at radius 3 is 3.14 bits per heavy atom. The second-order valence-electron chi connectivity index (χ2n) is 4.14. The lowest BCUT2D eigenvalue weighted by atomic mass is 9.84. The van der Waals surface area contributed by atoms with E-state index < -0.39 is 0 Å². The summed E-state index contributed by atoms with van der Waals surface area (Å²) in [7, 11) is 0. The molecule has 1 aliphatic carbocycles. The predicted molar refractivity (Wildman–Crippen MR) is 56.9 cm³/mol. The minimum absolute atomic E-state index is 0.556. The summed E-state index contributed by atoms with van der Waals surface area (Å²) in [6.07, 6.45) is 6.07. The van der Waals surface area contributed by atoms with E-state index in [0.717, 1.165) is 24.5 Å². The van der Waals surface area contributed by atoms with Crippen molar-refractivity contribution < 1.29 is 0 Å². The zero-order valence-corrected chi connectivity index (χ0v) is 8.66. The Hall–Kier alpha value is -1.12. The van der Waals surface area contributed by atoms with Gasteiger partial charge in [0.25, 0.3) is 0 Å². The monoisotopic (exact) mass is 191 g/mol. The largest absolute Gasteiger partial charge is 0.382 e. The van der Waals surface area contributed by atoms with E-state index in [2.05, 4.69) is 17.1 Å². The van der Waals surface area contributed by atoms with Crippen LogP contribution in [-0.2, 0) is 12.8 Å². The van der Waals surface area contributed by atoms with Crippen molar-refractivity contribution in [3.8, 4) is 0 Å². The molecule has 3 heteroatoms. The van der Waals surface area contributed by atoms with Crippen molar-refractivity contribution in [3.63, 3.8) is 0 Å². The third kappa shape index (κ3) is 1.86. The molecule has 0 saturated carbocycles. The van der Waals surface area contributed by atoms with Crippen molar-refractivity contribution in [2.75, 3.05) is 5.73 Å². The van der Waals surface area contributed by atoms with Crippen molar-refractivity contribution >= 4 is 5.82 Å². The van der Waals surface area contributed by atoms with Crippen LogP contribution in [0.5, 0.6) is 0 Å². The molecule has 0 radical (unpaired) electrons. The van der Waals surface area contributed by atoms with Gasteiger partial charge in [0.2, 0.25) is 0 Å². The molecule has 1 atom stereocenters. The van der Waals surface area contributed by atoms with E-state index in [1.54, 1.807) is 0 Å². The third-order valence-electron chi connectivity index (χ3n) is 2.97. The van der Waals surface area contributed by atoms with E-state index in [1.807, 2.05) is 6.07 Å². The van der Waals surface area contributed by atoms with E-state index in [1.165, 1.54) is 24.8 Å². The van der Waals surface area contributed by atoms with Gasteiger partial charge in [-0.25, -0.2) is 0 Å². The normalized spacial score (nSPS) is 20.5. The Morgan fingerprint density at radius 1 is 1.50 bits per heavy atom. The molecule has 3 nitrogen and oxygen atoms in total. The van der Waals surface area contributed by atoms with Crippen LogP contribution in [0.2, 0.25) is 0 Å². The molecule has 0 saturated heterocycles. The summed E-state index contributed by atoms with van der Waals surface area (Å²) >= 11 is 0. The summed E-state index contributed by atoms with van der Waals surface area (Å²) < 4.78 is 0. The molecular formula is C11H17N3. The zero-order chi connectivity index (χ0) is 9.97. The number of hydrogen-bond acceptors (Lipinski definition) is 3. The Morgan fingerprint density at radius 2 is 2.36 bits per heavy atom. The van der Waals surface area contributed by atoms with Crippen LogP contribution >= 0.6 is 0 Å². The third-order valence-corrected chi connectivity index (χ3v) is 2.97. The number of fused-ring (bicyclic) bond motifs is 1. The molecule has 2 N–H and O–H groups in total. The number of nitrogens with two attached hydrogens (primary N) is 1. The van der Waals surface area contributed by atoms with Gasteiger partial charge in [-0.05, 0) is 36.8 Å². The van der Waals surface area contributed by atoms with Gasteiger partial charge in [-0.15, -0.1) is 5.10 Å². The molecule has 2 rings (SSSR count). The summed E-state index contributed by atoms with van der Waals surface area (Å²) in [5, 5.41) is 8.03. The van der Waals surface area contributed by atoms with E-state index in [9.17, 15) is 0 Å². The maximum Gasteiger partial charge on any atom is 0.146 e. The molecule has 0 bridgehead atoms. The molecule has 76 valence electrons. The average Bonchev–Trinajstić information content (AvgIpc) is 2.17. The van der Waals surface area contributed by atoms with Crippen LogP contribution in [0.3, 0.4) is 0 Å². The van der Waals surface area contributed by atoms with Crippen molar-refractivity contribution in [3.05, 3.63) is 17.3 Å². The fourth-order valence-corrected chi connectivity index (χ4v) is 2.27. The first-order chi connectivity index (χ1) is 6.79. The fourth-order valence-electron chi connectivity index (χ4n) is 2.27. The van der Waals surface area contributed by atoms with Crippen LogP contribution in [0.25, 0.3) is 0 Å². The number of anilines is 1. The number of rotatable bonds is 2. The zero-order valence-electron chi connectivity index (χ0n) is 8.66. The maximum atomic E-state index is 5.63. The first kappa shape index (κ1) is 9.44. The van der Waals surface area contributed by atoms with Gasteiger partial charge in [0.1, 0.15) is 5.82 Å². The van der Waals surface area contributed by atoms with Gasteiger partial charge in [0.05, 0.1) is 5.69 Å². The number of nitrogen functional groups attached to an aromatic ring is 1. The topological polar surface area (TPSA) is 51.8 Å². The van der Waals surface area contributed by atoms with Crippen LogP contribution in [0, 0.1) is 5.92 Å². The second-order valence-corrected chi connectivity index (χ2v) is 4.14. The fraction of sp³-hybridized carbons (Fsp3) is 0.636. The summed E-state index contributed by atoms with van der Waals surface area (Å²) in [6, 6.07) is 1.99. The molecule has 1 aromatic rings. The van der Waals surface area contributed by atoms with Gasteiger partial charge in [-0.2, -0.15) is 5.10 Å². The summed E-state index contributed by atoms with van der Waals surface area (Å²) in [5.74, 6) is 1.39. The van der Waals surface area contributed by atoms with Crippen molar-refractivity contribution in [2.45, 2.75) is 39.0 Å². The van der Waals surface area contributed by atoms with Crippen LogP contribution in [0.1, 0.15) is 37.4 Å². The standard InChI is InChI=1S/C11H17N3/c1-2-3-8-4-5-10-9(6-8)7-11(12)14-13-10/h7-8H,2-6H2,1H3,(H2,12,14). The first-order valence-corrected chi connectivity index (χ1v) is 5.40. The quantitative estimate of drug-likeness (QED) is 0.777. The molecule has 14 heavy (non-hydrogen) atoms. The highest BCUT2D eigenvalue weighted by atomic mass is 15.1. The van der Waals surface area contributed by atoms with E-state index in [0.29, 0.717) is 5.82 Å². The average molecular weight is 191 g/mol. The van der Waals surface area contributed by atoms with E-state index in [4.69, 9.17) is 5.73 Å². The molecule has 1 aromatic heterocycles. The highest BCUT2D eigenvalue weighted by Gasteiger charge is 2.19. The van der Waals surface area contributed by atoms with Gasteiger partial charge in [0.15, 0.2) is 0 Å². The summed E-state index contributed by atoms with van der Waals surface area (Å²) in [6.45, 7) is 2.24. The molecule has 0 aromatic carbocycles. The van der Waals surface area contributed by atoms with Gasteiger partial charge in [-0.3, -0.25) is 0 Å². The SMILES string of the molecule is CCCC1CCc2nnc(N)cc2C1. The van der Waals surface area contributed by atoms with Gasteiger partial charge < -0.3 is 5.73 Å². The van der Waals surface area contributed by atoms with Crippen LogP contribution < -0.4 is 5.73 Å². The van der Waals surface area contributed by atoms with Crippen LogP contribution in [0.4, 0.5) is 5.82 Å². The highest BCUT2D eigenvalue weighted by Crippen LogP contribution is 2.27. The van der Waals surface area contributed by atoms with E-state index in [-0.39, 0.29) is 0 Å². The number of hydrogen-bond donors (Lipinski definition) is 1. The van der Waals surface area contributed by atoms with Crippen molar-refractivity contribution in [2.24, 2.45) is 5.92 Å². The minimum atomic E-state index is 0.556. The molecule has 0 aliphatic heterocycles.